The largest absolute Gasteiger partial charge is 0.497 e. The molecule has 2 atom stereocenters. The Morgan fingerprint density at radius 1 is 1.38 bits per heavy atom. The molecule has 2 rings (SSSR count). The topological polar surface area (TPSA) is 82.8 Å². The monoisotopic (exact) mass is 316 g/mol. The Labute approximate surface area is 130 Å². The minimum atomic E-state index is -0.459. The van der Waals surface area contributed by atoms with E-state index >= 15 is 0 Å². The van der Waals surface area contributed by atoms with E-state index < -0.39 is 6.10 Å². The van der Waals surface area contributed by atoms with Crippen molar-refractivity contribution in [3.8, 4) is 11.5 Å². The fraction of sp³-hybridized carbons (Fsp3) is 0.500. The smallest absolute Gasteiger partial charge is 0.253 e. The number of hydrogen-bond donors (Lipinski definition) is 2. The summed E-state index contributed by atoms with van der Waals surface area (Å²) in [6, 6.07) is 5.23. The molecule has 21 heavy (non-hydrogen) atoms. The Balaban J connectivity index is 0.00000220. The number of hydrogen-bond acceptors (Lipinski definition) is 5. The van der Waals surface area contributed by atoms with Crippen LogP contribution in [0.25, 0.3) is 0 Å². The number of carbonyl (C=O) groups excluding carboxylic acids is 1. The maximum atomic E-state index is 12.2. The van der Waals surface area contributed by atoms with E-state index in [0.717, 1.165) is 6.42 Å². The van der Waals surface area contributed by atoms with Gasteiger partial charge in [0.15, 0.2) is 0 Å². The lowest BCUT2D eigenvalue weighted by Gasteiger charge is -2.15. The Morgan fingerprint density at radius 3 is 2.71 bits per heavy atom. The molecule has 1 aromatic rings. The predicted octanol–water partition coefficient (Wildman–Crippen LogP) is 1.57. The minimum Gasteiger partial charge on any atom is -0.497 e. The number of amides is 1. The summed E-state index contributed by atoms with van der Waals surface area (Å²) in [5, 5.41) is 2.81. The molecule has 118 valence electrons. The average molecular weight is 317 g/mol. The number of halogens is 1. The number of ether oxygens (including phenoxy) is 3. The third-order valence-electron chi connectivity index (χ3n) is 3.33. The molecular formula is C14H21ClN2O4. The van der Waals surface area contributed by atoms with Gasteiger partial charge in [0.1, 0.15) is 17.6 Å². The first-order chi connectivity index (χ1) is 9.67. The molecule has 0 aromatic heterocycles. The fourth-order valence-corrected chi connectivity index (χ4v) is 2.20. The lowest BCUT2D eigenvalue weighted by molar-refractivity contribution is -0.126. The van der Waals surface area contributed by atoms with Crippen LogP contribution in [0.15, 0.2) is 18.2 Å². The Morgan fingerprint density at radius 2 is 2.14 bits per heavy atom. The molecule has 0 spiro atoms. The highest BCUT2D eigenvalue weighted by molar-refractivity contribution is 5.95. The SMILES string of the molecule is COc1ccc(OC)c(NC(=O)[C@@H]2CC[C@H](CN)O2)c1.Cl. The standard InChI is InChI=1S/C14H20N2O4.ClH/c1-18-9-3-5-12(19-2)11(7-9)16-14(17)13-6-4-10(8-15)20-13;/h3,5,7,10,13H,4,6,8,15H2,1-2H3,(H,16,17);1H/t10-,13+;/m1./s1. The van der Waals surface area contributed by atoms with E-state index in [4.69, 9.17) is 19.9 Å². The van der Waals surface area contributed by atoms with E-state index in [1.54, 1.807) is 32.4 Å². The van der Waals surface area contributed by atoms with Crippen LogP contribution in [0.2, 0.25) is 0 Å². The van der Waals surface area contributed by atoms with E-state index in [1.807, 2.05) is 0 Å². The van der Waals surface area contributed by atoms with Gasteiger partial charge in [-0.2, -0.15) is 0 Å². The van der Waals surface area contributed by atoms with Crippen LogP contribution in [-0.2, 0) is 9.53 Å². The Hall–Kier alpha value is -1.50. The van der Waals surface area contributed by atoms with Crippen molar-refractivity contribution >= 4 is 24.0 Å². The third-order valence-corrected chi connectivity index (χ3v) is 3.33. The molecule has 1 heterocycles. The summed E-state index contributed by atoms with van der Waals surface area (Å²) in [6.07, 6.45) is 1.00. The summed E-state index contributed by atoms with van der Waals surface area (Å²) < 4.78 is 15.9. The molecule has 1 aliphatic heterocycles. The zero-order valence-electron chi connectivity index (χ0n) is 12.1. The number of methoxy groups -OCH3 is 2. The second kappa shape index (κ2) is 8.07. The first kappa shape index (κ1) is 17.6. The van der Waals surface area contributed by atoms with Gasteiger partial charge in [0.2, 0.25) is 0 Å². The summed E-state index contributed by atoms with van der Waals surface area (Å²) in [4.78, 5) is 12.2. The molecule has 7 heteroatoms. The molecule has 6 nitrogen and oxygen atoms in total. The second-order valence-electron chi connectivity index (χ2n) is 4.62. The van der Waals surface area contributed by atoms with Crippen LogP contribution in [0.5, 0.6) is 11.5 Å². The summed E-state index contributed by atoms with van der Waals surface area (Å²) in [5.74, 6) is 1.04. The fourth-order valence-electron chi connectivity index (χ4n) is 2.20. The highest BCUT2D eigenvalue weighted by atomic mass is 35.5. The molecule has 1 aliphatic rings. The maximum absolute atomic E-state index is 12.2. The first-order valence-electron chi connectivity index (χ1n) is 6.56. The Kier molecular flexibility index (Phi) is 6.74. The van der Waals surface area contributed by atoms with Crippen molar-refractivity contribution in [3.05, 3.63) is 18.2 Å². The normalized spacial score (nSPS) is 20.5. The lowest BCUT2D eigenvalue weighted by Crippen LogP contribution is -2.29. The van der Waals surface area contributed by atoms with Crippen LogP contribution in [-0.4, -0.2) is 38.9 Å². The van der Waals surface area contributed by atoms with E-state index in [0.29, 0.717) is 30.2 Å². The highest BCUT2D eigenvalue weighted by Gasteiger charge is 2.30. The van der Waals surface area contributed by atoms with Gasteiger partial charge in [-0.05, 0) is 25.0 Å². The van der Waals surface area contributed by atoms with E-state index in [-0.39, 0.29) is 24.4 Å². The molecule has 1 aromatic carbocycles. The lowest BCUT2D eigenvalue weighted by atomic mass is 10.2. The van der Waals surface area contributed by atoms with Crippen LogP contribution in [0, 0.1) is 0 Å². The van der Waals surface area contributed by atoms with Gasteiger partial charge in [-0.3, -0.25) is 4.79 Å². The van der Waals surface area contributed by atoms with Gasteiger partial charge in [-0.1, -0.05) is 0 Å². The van der Waals surface area contributed by atoms with Crippen LogP contribution < -0.4 is 20.5 Å². The van der Waals surface area contributed by atoms with Crippen molar-refractivity contribution in [2.75, 3.05) is 26.1 Å². The molecule has 0 aliphatic carbocycles. The van der Waals surface area contributed by atoms with Gasteiger partial charge in [-0.25, -0.2) is 0 Å². The second-order valence-corrected chi connectivity index (χ2v) is 4.62. The summed E-state index contributed by atoms with van der Waals surface area (Å²) in [7, 11) is 3.12. The Bertz CT molecular complexity index is 484. The van der Waals surface area contributed by atoms with Gasteiger partial charge in [0.05, 0.1) is 26.0 Å². The third kappa shape index (κ3) is 4.23. The van der Waals surface area contributed by atoms with Gasteiger partial charge >= 0.3 is 0 Å². The van der Waals surface area contributed by atoms with Crippen molar-refractivity contribution < 1.29 is 19.0 Å². The molecule has 0 unspecified atom stereocenters. The number of carbonyl (C=O) groups is 1. The summed E-state index contributed by atoms with van der Waals surface area (Å²) in [6.45, 7) is 0.437. The average Bonchev–Trinajstić information content (AvgIpc) is 2.96. The molecule has 0 saturated carbocycles. The molecule has 1 fully saturated rings. The molecule has 1 amide bonds. The summed E-state index contributed by atoms with van der Waals surface area (Å²) in [5.41, 5.74) is 6.11. The molecule has 1 saturated heterocycles. The predicted molar refractivity (Wildman–Crippen MR) is 82.4 cm³/mol. The van der Waals surface area contributed by atoms with Crippen LogP contribution in [0.4, 0.5) is 5.69 Å². The zero-order chi connectivity index (χ0) is 14.5. The van der Waals surface area contributed by atoms with Crippen molar-refractivity contribution in [1.82, 2.24) is 0 Å². The minimum absolute atomic E-state index is 0. The number of nitrogens with one attached hydrogen (secondary N) is 1. The molecular weight excluding hydrogens is 296 g/mol. The van der Waals surface area contributed by atoms with Crippen LogP contribution in [0.3, 0.4) is 0 Å². The van der Waals surface area contributed by atoms with Crippen molar-refractivity contribution in [1.29, 1.82) is 0 Å². The first-order valence-corrected chi connectivity index (χ1v) is 6.56. The number of rotatable bonds is 5. The van der Waals surface area contributed by atoms with Gasteiger partial charge < -0.3 is 25.3 Å². The number of nitrogens with two attached hydrogens (primary N) is 1. The van der Waals surface area contributed by atoms with Gasteiger partial charge in [-0.15, -0.1) is 12.4 Å². The van der Waals surface area contributed by atoms with E-state index in [2.05, 4.69) is 5.32 Å². The van der Waals surface area contributed by atoms with Crippen molar-refractivity contribution in [3.63, 3.8) is 0 Å². The zero-order valence-corrected chi connectivity index (χ0v) is 12.9. The highest BCUT2D eigenvalue weighted by Crippen LogP contribution is 2.30. The molecule has 3 N–H and O–H groups in total. The van der Waals surface area contributed by atoms with E-state index in [9.17, 15) is 4.79 Å². The quantitative estimate of drug-likeness (QED) is 0.861. The van der Waals surface area contributed by atoms with Crippen molar-refractivity contribution in [2.45, 2.75) is 25.0 Å². The number of anilines is 1. The van der Waals surface area contributed by atoms with Crippen LogP contribution in [0.1, 0.15) is 12.8 Å². The van der Waals surface area contributed by atoms with E-state index in [1.165, 1.54) is 0 Å². The van der Waals surface area contributed by atoms with Gasteiger partial charge in [0.25, 0.3) is 5.91 Å². The number of benzene rings is 1. The van der Waals surface area contributed by atoms with Crippen molar-refractivity contribution in [2.24, 2.45) is 5.73 Å². The van der Waals surface area contributed by atoms with Crippen LogP contribution >= 0.6 is 12.4 Å². The summed E-state index contributed by atoms with van der Waals surface area (Å²) >= 11 is 0. The maximum Gasteiger partial charge on any atom is 0.253 e. The molecule has 0 bridgehead atoms. The molecule has 0 radical (unpaired) electrons. The van der Waals surface area contributed by atoms with Gasteiger partial charge in [0, 0.05) is 12.6 Å².